The molecule has 36 heavy (non-hydrogen) atoms. The van der Waals surface area contributed by atoms with Crippen LogP contribution in [0.1, 0.15) is 72.4 Å². The largest absolute Gasteiger partial charge is 0.512 e. The second-order valence-corrected chi connectivity index (χ2v) is 10.8. The number of allylic oxidation sites excluding steroid dienone is 2. The Morgan fingerprint density at radius 1 is 0.972 bits per heavy atom. The van der Waals surface area contributed by atoms with Gasteiger partial charge in [0.25, 0.3) is 0 Å². The summed E-state index contributed by atoms with van der Waals surface area (Å²) >= 11 is 0. The molecule has 0 aliphatic carbocycles. The maximum atomic E-state index is 11.4. The summed E-state index contributed by atoms with van der Waals surface area (Å²) in [4.78, 5) is 16.2. The van der Waals surface area contributed by atoms with E-state index in [0.717, 1.165) is 28.8 Å². The van der Waals surface area contributed by atoms with Gasteiger partial charge in [0.15, 0.2) is 5.78 Å². The van der Waals surface area contributed by atoms with Gasteiger partial charge in [-0.2, -0.15) is 0 Å². The fourth-order valence-corrected chi connectivity index (χ4v) is 3.97. The van der Waals surface area contributed by atoms with Crippen molar-refractivity contribution in [3.63, 3.8) is 0 Å². The number of ketones is 1. The number of rotatable bonds is 8. The van der Waals surface area contributed by atoms with E-state index in [9.17, 15) is 9.90 Å². The minimum atomic E-state index is -0.266. The van der Waals surface area contributed by atoms with E-state index in [1.54, 1.807) is 0 Å². The number of fused-ring (bicyclic) bond motifs is 1. The minimum Gasteiger partial charge on any atom is -0.512 e. The van der Waals surface area contributed by atoms with Crippen LogP contribution in [0.15, 0.2) is 54.3 Å². The Morgan fingerprint density at radius 2 is 1.61 bits per heavy atom. The van der Waals surface area contributed by atoms with Gasteiger partial charge in [0.2, 0.25) is 0 Å². The second-order valence-electron chi connectivity index (χ2n) is 10.8. The Labute approximate surface area is 233 Å². The molecule has 1 heterocycles. The molecule has 0 saturated carbocycles. The Balaban J connectivity index is 0.000000401. The number of aromatic nitrogens is 1. The normalized spacial score (nSPS) is 12.1. The van der Waals surface area contributed by atoms with E-state index in [0.29, 0.717) is 18.8 Å². The topological polar surface area (TPSA) is 50.2 Å². The summed E-state index contributed by atoms with van der Waals surface area (Å²) < 4.78 is 7.45. The number of benzene rings is 2. The van der Waals surface area contributed by atoms with Crippen molar-refractivity contribution in [1.82, 2.24) is 4.98 Å². The van der Waals surface area contributed by atoms with E-state index in [1.807, 2.05) is 27.7 Å². The predicted octanol–water partition coefficient (Wildman–Crippen LogP) is 8.60. The average Bonchev–Trinajstić information content (AvgIpc) is 2.76. The summed E-state index contributed by atoms with van der Waals surface area (Å²) in [7, 11) is 0. The van der Waals surface area contributed by atoms with Gasteiger partial charge < -0.3 is 5.11 Å². The molecule has 3 nitrogen and oxygen atoms in total. The third-order valence-electron chi connectivity index (χ3n) is 5.30. The molecule has 197 valence electrons. The molecule has 3 aromatic rings. The molecule has 0 amide bonds. The van der Waals surface area contributed by atoms with Crippen LogP contribution >= 0.6 is 0 Å². The molecule has 0 spiro atoms. The molecule has 1 radical (unpaired) electrons. The van der Waals surface area contributed by atoms with Crippen LogP contribution in [-0.4, -0.2) is 15.9 Å². The molecule has 0 bridgehead atoms. The van der Waals surface area contributed by atoms with Gasteiger partial charge in [-0.15, -0.1) is 34.9 Å². The zero-order valence-electron chi connectivity index (χ0n) is 24.0. The average molecular weight is 666 g/mol. The fourth-order valence-electron chi connectivity index (χ4n) is 3.97. The number of pyridine rings is 1. The minimum absolute atomic E-state index is 0. The molecule has 4 heteroatoms. The Morgan fingerprint density at radius 3 is 2.19 bits per heavy atom. The van der Waals surface area contributed by atoms with Crippen molar-refractivity contribution in [1.29, 1.82) is 0 Å². The first-order valence-corrected chi connectivity index (χ1v) is 12.7. The third kappa shape index (κ3) is 11.2. The standard InChI is InChI=1S/C21H22N.C11H20O2.Ir/c1-14(2)9-17-5-6-18-7-8-20(22-21(18)13-17)19-11-15(3)10-16(4)12-19;1-8(2)5-10(12)7-11(13)6-9(3)4;/h5-8,10-11,13-14H,9H2,1-4H3;7-9,12H,5-6H2,1-4H3;/q-1;;/i;7D;. The SMILES string of the molecule is Cc1[c-]c(-c2ccc3ccc(CC(C)C)cc3n2)cc(C)c1.[2H]C(C(=O)CC(C)C)=C(O)CC(C)C.[Ir]. The first kappa shape index (κ1) is 29.9. The number of aliphatic hydroxyl groups excluding tert-OH is 1. The van der Waals surface area contributed by atoms with Gasteiger partial charge in [0, 0.05) is 39.0 Å². The van der Waals surface area contributed by atoms with Crippen LogP contribution in [0.5, 0.6) is 0 Å². The molecule has 0 aliphatic rings. The van der Waals surface area contributed by atoms with Crippen molar-refractivity contribution >= 4 is 16.7 Å². The van der Waals surface area contributed by atoms with Crippen molar-refractivity contribution in [3.8, 4) is 11.3 Å². The summed E-state index contributed by atoms with van der Waals surface area (Å²) in [6, 6.07) is 18.4. The molecule has 1 N–H and O–H groups in total. The molecule has 0 unspecified atom stereocenters. The van der Waals surface area contributed by atoms with Crippen molar-refractivity contribution in [3.05, 3.63) is 77.0 Å². The second kappa shape index (κ2) is 15.1. The van der Waals surface area contributed by atoms with E-state index in [2.05, 4.69) is 76.2 Å². The number of nitrogens with zero attached hydrogens (tertiary/aromatic N) is 1. The van der Waals surface area contributed by atoms with Gasteiger partial charge in [-0.05, 0) is 46.9 Å². The molecular weight excluding hydrogens is 623 g/mol. The molecular formula is C32H42IrNO2-. The maximum Gasteiger partial charge on any atom is 0.159 e. The predicted molar refractivity (Wildman–Crippen MR) is 149 cm³/mol. The Hall–Kier alpha value is -2.29. The van der Waals surface area contributed by atoms with Crippen molar-refractivity contribution in [2.75, 3.05) is 0 Å². The number of hydrogen-bond donors (Lipinski definition) is 1. The smallest absolute Gasteiger partial charge is 0.159 e. The summed E-state index contributed by atoms with van der Waals surface area (Å²) in [5.41, 5.74) is 6.92. The van der Waals surface area contributed by atoms with Crippen LogP contribution in [-0.2, 0) is 31.3 Å². The van der Waals surface area contributed by atoms with Crippen LogP contribution in [0.2, 0.25) is 0 Å². The third-order valence-corrected chi connectivity index (χ3v) is 5.30. The molecule has 0 aliphatic heterocycles. The Bertz CT molecular complexity index is 1190. The quantitative estimate of drug-likeness (QED) is 0.149. The summed E-state index contributed by atoms with van der Waals surface area (Å²) in [6.07, 6.45) is 1.83. The first-order valence-electron chi connectivity index (χ1n) is 13.2. The van der Waals surface area contributed by atoms with E-state index in [-0.39, 0.29) is 49.5 Å². The molecule has 0 atom stereocenters. The van der Waals surface area contributed by atoms with Gasteiger partial charge in [0.1, 0.15) is 0 Å². The molecule has 3 rings (SSSR count). The summed E-state index contributed by atoms with van der Waals surface area (Å²) in [5.74, 6) is 0.814. The van der Waals surface area contributed by atoms with Crippen LogP contribution in [0, 0.1) is 37.7 Å². The maximum absolute atomic E-state index is 11.4. The molecule has 2 aromatic carbocycles. The zero-order valence-corrected chi connectivity index (χ0v) is 25.4. The number of carbonyl (C=O) groups excluding carboxylic acids is 1. The number of aryl methyl sites for hydroxylation is 2. The van der Waals surface area contributed by atoms with E-state index in [1.165, 1.54) is 16.5 Å². The Kier molecular flexibility index (Phi) is 12.5. The zero-order chi connectivity index (χ0) is 27.0. The van der Waals surface area contributed by atoms with Gasteiger partial charge in [-0.25, -0.2) is 0 Å². The van der Waals surface area contributed by atoms with Crippen molar-refractivity contribution in [2.45, 2.75) is 74.7 Å². The van der Waals surface area contributed by atoms with Crippen molar-refractivity contribution < 1.29 is 31.4 Å². The van der Waals surface area contributed by atoms with Crippen LogP contribution in [0.3, 0.4) is 0 Å². The van der Waals surface area contributed by atoms with E-state index < -0.39 is 0 Å². The number of aliphatic hydroxyl groups is 1. The van der Waals surface area contributed by atoms with E-state index >= 15 is 0 Å². The first-order chi connectivity index (χ1) is 16.8. The van der Waals surface area contributed by atoms with Crippen molar-refractivity contribution in [2.24, 2.45) is 17.8 Å². The van der Waals surface area contributed by atoms with Crippen LogP contribution < -0.4 is 0 Å². The van der Waals surface area contributed by atoms with Crippen LogP contribution in [0.25, 0.3) is 22.2 Å². The molecule has 1 aromatic heterocycles. The van der Waals surface area contributed by atoms with Crippen LogP contribution in [0.4, 0.5) is 0 Å². The fraction of sp³-hybridized carbons (Fsp3) is 0.438. The van der Waals surface area contributed by atoms with Gasteiger partial charge >= 0.3 is 0 Å². The molecule has 0 saturated heterocycles. The number of carbonyl (C=O) groups is 1. The number of hydrogen-bond acceptors (Lipinski definition) is 3. The van der Waals surface area contributed by atoms with Gasteiger partial charge in [-0.1, -0.05) is 79.7 Å². The van der Waals surface area contributed by atoms with Gasteiger partial charge in [0.05, 0.1) is 12.6 Å². The monoisotopic (exact) mass is 666 g/mol. The van der Waals surface area contributed by atoms with E-state index in [4.69, 9.17) is 6.35 Å². The molecule has 0 fully saturated rings. The summed E-state index contributed by atoms with van der Waals surface area (Å²) in [5, 5.41) is 10.6. The summed E-state index contributed by atoms with van der Waals surface area (Å²) in [6.45, 7) is 16.4. The van der Waals surface area contributed by atoms with Gasteiger partial charge in [-0.3, -0.25) is 9.78 Å².